The van der Waals surface area contributed by atoms with Gasteiger partial charge in [-0.3, -0.25) is 4.79 Å². The van der Waals surface area contributed by atoms with E-state index in [1.807, 2.05) is 36.4 Å². The fourth-order valence-corrected chi connectivity index (χ4v) is 3.82. The number of nitrogen functional groups attached to an aromatic ring is 1. The molecule has 0 bridgehead atoms. The number of oxazole rings is 1. The van der Waals surface area contributed by atoms with E-state index >= 15 is 0 Å². The summed E-state index contributed by atoms with van der Waals surface area (Å²) in [7, 11) is 1.55. The summed E-state index contributed by atoms with van der Waals surface area (Å²) in [5.74, 6) is 0.380. The van der Waals surface area contributed by atoms with E-state index in [0.717, 1.165) is 21.3 Å². The van der Waals surface area contributed by atoms with Crippen LogP contribution in [-0.2, 0) is 4.79 Å². The normalized spacial score (nSPS) is 16.6. The third-order valence-corrected chi connectivity index (χ3v) is 5.21. The van der Waals surface area contributed by atoms with Crippen LogP contribution < -0.4 is 10.5 Å². The minimum absolute atomic E-state index is 0.0699. The van der Waals surface area contributed by atoms with Gasteiger partial charge < -0.3 is 14.9 Å². The number of hydrogen-bond donors (Lipinski definition) is 1. The zero-order chi connectivity index (χ0) is 19.1. The Balaban J connectivity index is 1.78. The van der Waals surface area contributed by atoms with Crippen molar-refractivity contribution in [2.24, 2.45) is 5.10 Å². The predicted octanol–water partition coefficient (Wildman–Crippen LogP) is 3.88. The van der Waals surface area contributed by atoms with Crippen LogP contribution in [0.5, 0.6) is 5.75 Å². The minimum Gasteiger partial charge on any atom is -0.493 e. The lowest BCUT2D eigenvalue weighted by atomic mass is 9.98. The van der Waals surface area contributed by atoms with Crippen molar-refractivity contribution in [3.05, 3.63) is 52.0 Å². The van der Waals surface area contributed by atoms with E-state index in [-0.39, 0.29) is 18.0 Å². The molecular formula is C19H17BrN4O3. The SMILES string of the molecule is COc1cc(C2CC(c3ccccc3Br)=NN2C(C)=O)cc2nc(N)oc12. The second kappa shape index (κ2) is 6.70. The fourth-order valence-electron chi connectivity index (χ4n) is 3.30. The molecule has 0 radical (unpaired) electrons. The van der Waals surface area contributed by atoms with Crippen molar-refractivity contribution in [3.8, 4) is 5.75 Å². The van der Waals surface area contributed by atoms with Crippen molar-refractivity contribution in [1.29, 1.82) is 0 Å². The third-order valence-electron chi connectivity index (χ3n) is 4.52. The molecule has 1 unspecified atom stereocenters. The summed E-state index contributed by atoms with van der Waals surface area (Å²) in [6.45, 7) is 1.50. The Kier molecular flexibility index (Phi) is 4.35. The number of carbonyl (C=O) groups excluding carboxylic acids is 1. The molecule has 3 aromatic rings. The highest BCUT2D eigenvalue weighted by Crippen LogP contribution is 2.38. The second-order valence-electron chi connectivity index (χ2n) is 6.23. The van der Waals surface area contributed by atoms with Gasteiger partial charge in [0.1, 0.15) is 5.52 Å². The number of aromatic nitrogens is 1. The van der Waals surface area contributed by atoms with Crippen LogP contribution in [0.1, 0.15) is 30.5 Å². The predicted molar refractivity (Wildman–Crippen MR) is 106 cm³/mol. The molecule has 2 aromatic carbocycles. The van der Waals surface area contributed by atoms with Gasteiger partial charge in [0.2, 0.25) is 5.91 Å². The Hall–Kier alpha value is -2.87. The van der Waals surface area contributed by atoms with Crippen molar-refractivity contribution in [1.82, 2.24) is 9.99 Å². The zero-order valence-electron chi connectivity index (χ0n) is 14.8. The van der Waals surface area contributed by atoms with E-state index in [1.54, 1.807) is 7.11 Å². The van der Waals surface area contributed by atoms with Crippen molar-refractivity contribution >= 4 is 44.7 Å². The highest BCUT2D eigenvalue weighted by Gasteiger charge is 2.33. The van der Waals surface area contributed by atoms with Crippen molar-refractivity contribution in [2.75, 3.05) is 12.8 Å². The molecule has 4 rings (SSSR count). The molecule has 0 aliphatic carbocycles. The first-order valence-corrected chi connectivity index (χ1v) is 9.13. The maximum Gasteiger partial charge on any atom is 0.293 e. The number of anilines is 1. The van der Waals surface area contributed by atoms with Gasteiger partial charge in [0, 0.05) is 23.4 Å². The summed E-state index contributed by atoms with van der Waals surface area (Å²) in [4.78, 5) is 16.4. The lowest BCUT2D eigenvalue weighted by Crippen LogP contribution is -2.24. The molecular weight excluding hydrogens is 412 g/mol. The Morgan fingerprint density at radius 2 is 2.15 bits per heavy atom. The largest absolute Gasteiger partial charge is 0.493 e. The molecule has 138 valence electrons. The topological polar surface area (TPSA) is 94.0 Å². The van der Waals surface area contributed by atoms with Crippen LogP contribution in [0.4, 0.5) is 6.01 Å². The molecule has 7 nitrogen and oxygen atoms in total. The molecule has 2 heterocycles. The standard InChI is InChI=1S/C19H17BrN4O3/c1-10(25)24-16(9-14(23-24)12-5-3-4-6-13(12)20)11-7-15-18(17(8-11)26-2)27-19(21)22-15/h3-8,16H,9H2,1-2H3,(H2,21,22). The Morgan fingerprint density at radius 3 is 2.85 bits per heavy atom. The summed E-state index contributed by atoms with van der Waals surface area (Å²) >= 11 is 3.56. The van der Waals surface area contributed by atoms with E-state index < -0.39 is 0 Å². The van der Waals surface area contributed by atoms with Gasteiger partial charge in [-0.25, -0.2) is 5.01 Å². The molecule has 8 heteroatoms. The summed E-state index contributed by atoms with van der Waals surface area (Å²) in [6, 6.07) is 11.3. The van der Waals surface area contributed by atoms with E-state index in [2.05, 4.69) is 26.0 Å². The number of nitrogens with zero attached hydrogens (tertiary/aromatic N) is 3. The van der Waals surface area contributed by atoms with E-state index in [9.17, 15) is 4.79 Å². The van der Waals surface area contributed by atoms with Crippen molar-refractivity contribution < 1.29 is 13.9 Å². The quantitative estimate of drug-likeness (QED) is 0.682. The van der Waals surface area contributed by atoms with Crippen LogP contribution in [-0.4, -0.2) is 28.7 Å². The first-order valence-electron chi connectivity index (χ1n) is 8.34. The highest BCUT2D eigenvalue weighted by atomic mass is 79.9. The first-order chi connectivity index (χ1) is 13.0. The zero-order valence-corrected chi connectivity index (χ0v) is 16.4. The molecule has 2 N–H and O–H groups in total. The van der Waals surface area contributed by atoms with Crippen LogP contribution in [0.25, 0.3) is 11.1 Å². The van der Waals surface area contributed by atoms with Gasteiger partial charge in [0.25, 0.3) is 6.01 Å². The average Bonchev–Trinajstić information content (AvgIpc) is 3.24. The third kappa shape index (κ3) is 3.06. The maximum atomic E-state index is 12.2. The summed E-state index contributed by atoms with van der Waals surface area (Å²) in [5, 5.41) is 6.08. The average molecular weight is 429 g/mol. The molecule has 0 fully saturated rings. The molecule has 1 amide bonds. The number of methoxy groups -OCH3 is 1. The number of rotatable bonds is 3. The summed E-state index contributed by atoms with van der Waals surface area (Å²) in [6.07, 6.45) is 0.574. The van der Waals surface area contributed by atoms with Crippen LogP contribution in [0, 0.1) is 0 Å². The smallest absolute Gasteiger partial charge is 0.293 e. The first kappa shape index (κ1) is 17.5. The number of carbonyl (C=O) groups is 1. The molecule has 27 heavy (non-hydrogen) atoms. The lowest BCUT2D eigenvalue weighted by Gasteiger charge is -2.21. The monoisotopic (exact) mass is 428 g/mol. The number of hydrogen-bond acceptors (Lipinski definition) is 6. The van der Waals surface area contributed by atoms with Crippen LogP contribution in [0.15, 0.2) is 50.4 Å². The van der Waals surface area contributed by atoms with Gasteiger partial charge in [-0.15, -0.1) is 0 Å². The van der Waals surface area contributed by atoms with Crippen molar-refractivity contribution in [3.63, 3.8) is 0 Å². The second-order valence-corrected chi connectivity index (χ2v) is 7.09. The number of nitrogens with two attached hydrogens (primary N) is 1. The number of hydrazone groups is 1. The molecule has 1 atom stereocenters. The summed E-state index contributed by atoms with van der Waals surface area (Å²) < 4.78 is 11.8. The number of amides is 1. The van der Waals surface area contributed by atoms with E-state index in [4.69, 9.17) is 14.9 Å². The van der Waals surface area contributed by atoms with Gasteiger partial charge in [0.15, 0.2) is 11.3 Å². The molecule has 0 saturated carbocycles. The molecule has 1 aliphatic heterocycles. The highest BCUT2D eigenvalue weighted by molar-refractivity contribution is 9.10. The number of ether oxygens (including phenoxy) is 1. The fraction of sp³-hybridized carbons (Fsp3) is 0.211. The number of benzene rings is 2. The number of halogens is 1. The Labute approximate surface area is 163 Å². The van der Waals surface area contributed by atoms with E-state index in [0.29, 0.717) is 23.3 Å². The Morgan fingerprint density at radius 1 is 1.37 bits per heavy atom. The van der Waals surface area contributed by atoms with Crippen molar-refractivity contribution in [2.45, 2.75) is 19.4 Å². The van der Waals surface area contributed by atoms with Gasteiger partial charge in [0.05, 0.1) is 18.9 Å². The van der Waals surface area contributed by atoms with Crippen LogP contribution in [0.3, 0.4) is 0 Å². The van der Waals surface area contributed by atoms with Gasteiger partial charge >= 0.3 is 0 Å². The molecule has 0 saturated heterocycles. The lowest BCUT2D eigenvalue weighted by molar-refractivity contribution is -0.130. The maximum absolute atomic E-state index is 12.2. The van der Waals surface area contributed by atoms with E-state index in [1.165, 1.54) is 11.9 Å². The van der Waals surface area contributed by atoms with Crippen LogP contribution >= 0.6 is 15.9 Å². The van der Waals surface area contributed by atoms with Crippen LogP contribution in [0.2, 0.25) is 0 Å². The number of fused-ring (bicyclic) bond motifs is 1. The Bertz CT molecular complexity index is 1080. The van der Waals surface area contributed by atoms with Gasteiger partial charge in [-0.2, -0.15) is 10.1 Å². The van der Waals surface area contributed by atoms with Gasteiger partial charge in [-0.1, -0.05) is 34.1 Å². The molecule has 1 aliphatic rings. The molecule has 1 aromatic heterocycles. The minimum atomic E-state index is -0.263. The summed E-state index contributed by atoms with van der Waals surface area (Å²) in [5.41, 5.74) is 9.40. The molecule has 0 spiro atoms. The van der Waals surface area contributed by atoms with Gasteiger partial charge in [-0.05, 0) is 23.8 Å².